The van der Waals surface area contributed by atoms with Crippen molar-refractivity contribution < 1.29 is 19.4 Å². The van der Waals surface area contributed by atoms with E-state index in [9.17, 15) is 14.7 Å². The number of hydrogen-bond donors (Lipinski definition) is 2. The first-order valence-corrected chi connectivity index (χ1v) is 8.93. The number of carboxylic acids is 1. The lowest BCUT2D eigenvalue weighted by molar-refractivity contribution is -0.143. The molecule has 1 fully saturated rings. The zero-order valence-electron chi connectivity index (χ0n) is 14.2. The highest BCUT2D eigenvalue weighted by Gasteiger charge is 2.37. The Labute approximate surface area is 150 Å². The zero-order chi connectivity index (χ0) is 17.9. The van der Waals surface area contributed by atoms with Crippen LogP contribution in [0.2, 0.25) is 0 Å². The third kappa shape index (κ3) is 5.23. The Kier molecular flexibility index (Phi) is 5.91. The second kappa shape index (κ2) is 7.55. The van der Waals surface area contributed by atoms with E-state index in [0.29, 0.717) is 6.42 Å². The highest BCUT2D eigenvalue weighted by atomic mass is 79.9. The summed E-state index contributed by atoms with van der Waals surface area (Å²) >= 11 is 3.40. The van der Waals surface area contributed by atoms with Gasteiger partial charge < -0.3 is 15.2 Å². The lowest BCUT2D eigenvalue weighted by atomic mass is 9.73. The van der Waals surface area contributed by atoms with Crippen LogP contribution in [0.15, 0.2) is 28.7 Å². The first-order valence-electron chi connectivity index (χ1n) is 8.13. The van der Waals surface area contributed by atoms with Crippen molar-refractivity contribution >= 4 is 28.0 Å². The third-order valence-corrected chi connectivity index (χ3v) is 4.72. The number of alkyl carbamates (subject to hydrolysis) is 1. The van der Waals surface area contributed by atoms with Crippen molar-refractivity contribution in [1.82, 2.24) is 5.32 Å². The van der Waals surface area contributed by atoms with Crippen LogP contribution in [0.1, 0.15) is 51.5 Å². The highest BCUT2D eigenvalue weighted by Crippen LogP contribution is 2.38. The Morgan fingerprint density at radius 2 is 1.83 bits per heavy atom. The van der Waals surface area contributed by atoms with Crippen molar-refractivity contribution in [3.05, 3.63) is 34.3 Å². The molecule has 2 rings (SSSR count). The number of aliphatic carboxylic acids is 1. The molecule has 0 spiro atoms. The van der Waals surface area contributed by atoms with Crippen LogP contribution in [0.4, 0.5) is 4.79 Å². The molecule has 0 bridgehead atoms. The summed E-state index contributed by atoms with van der Waals surface area (Å²) in [5.74, 6) is -1.37. The van der Waals surface area contributed by atoms with Gasteiger partial charge in [-0.05, 0) is 63.6 Å². The molecule has 132 valence electrons. The van der Waals surface area contributed by atoms with Crippen molar-refractivity contribution in [1.29, 1.82) is 0 Å². The summed E-state index contributed by atoms with van der Waals surface area (Å²) in [5.41, 5.74) is 0.464. The molecular formula is C18H24BrNO4. The monoisotopic (exact) mass is 397 g/mol. The second-order valence-corrected chi connectivity index (χ2v) is 8.17. The molecule has 6 heteroatoms. The van der Waals surface area contributed by atoms with Crippen LogP contribution < -0.4 is 5.32 Å². The number of halogens is 1. The van der Waals surface area contributed by atoms with E-state index in [4.69, 9.17) is 4.74 Å². The van der Waals surface area contributed by atoms with Gasteiger partial charge in [-0.15, -0.1) is 0 Å². The lowest BCUT2D eigenvalue weighted by Crippen LogP contribution is -2.44. The normalized spacial score (nSPS) is 24.2. The predicted molar refractivity (Wildman–Crippen MR) is 95.0 cm³/mol. The fraction of sp³-hybridized carbons (Fsp3) is 0.556. The topological polar surface area (TPSA) is 75.6 Å². The summed E-state index contributed by atoms with van der Waals surface area (Å²) in [6.45, 7) is 5.41. The van der Waals surface area contributed by atoms with Gasteiger partial charge in [0.15, 0.2) is 0 Å². The van der Waals surface area contributed by atoms with E-state index in [1.165, 1.54) is 0 Å². The molecule has 24 heavy (non-hydrogen) atoms. The largest absolute Gasteiger partial charge is 0.481 e. The number of hydrogen-bond acceptors (Lipinski definition) is 3. The number of rotatable bonds is 3. The van der Waals surface area contributed by atoms with Gasteiger partial charge >= 0.3 is 12.1 Å². The number of nitrogens with one attached hydrogen (secondary N) is 1. The fourth-order valence-corrected chi connectivity index (χ4v) is 3.42. The Hall–Kier alpha value is -1.56. The molecule has 5 nitrogen and oxygen atoms in total. The van der Waals surface area contributed by atoms with Crippen LogP contribution in [0.5, 0.6) is 0 Å². The van der Waals surface area contributed by atoms with Gasteiger partial charge in [-0.25, -0.2) is 4.79 Å². The van der Waals surface area contributed by atoms with Gasteiger partial charge in [-0.1, -0.05) is 28.1 Å². The predicted octanol–water partition coefficient (Wildman–Crippen LogP) is 4.31. The summed E-state index contributed by atoms with van der Waals surface area (Å²) in [6.07, 6.45) is 1.39. The van der Waals surface area contributed by atoms with Gasteiger partial charge in [-0.3, -0.25) is 4.79 Å². The molecule has 0 aliphatic heterocycles. The molecule has 1 aliphatic rings. The van der Waals surface area contributed by atoms with E-state index in [-0.39, 0.29) is 12.0 Å². The summed E-state index contributed by atoms with van der Waals surface area (Å²) in [4.78, 5) is 23.6. The summed E-state index contributed by atoms with van der Waals surface area (Å²) in [6, 6.07) is 7.62. The van der Waals surface area contributed by atoms with Crippen molar-refractivity contribution in [2.45, 2.75) is 57.6 Å². The molecular weight excluding hydrogens is 374 g/mol. The smallest absolute Gasteiger partial charge is 0.407 e. The van der Waals surface area contributed by atoms with Crippen molar-refractivity contribution in [2.75, 3.05) is 0 Å². The summed E-state index contributed by atoms with van der Waals surface area (Å²) in [7, 11) is 0. The molecule has 0 aromatic heterocycles. The number of carbonyl (C=O) groups excluding carboxylic acids is 1. The number of benzene rings is 1. The number of carbonyl (C=O) groups is 2. The SMILES string of the molecule is CC(C)(C)OC(=O)NC1CCC(c2ccc(Br)cc2)C(C(=O)O)C1. The maximum atomic E-state index is 11.9. The van der Waals surface area contributed by atoms with Crippen LogP contribution in [0.3, 0.4) is 0 Å². The molecule has 1 aromatic rings. The van der Waals surface area contributed by atoms with E-state index in [0.717, 1.165) is 22.9 Å². The average molecular weight is 398 g/mol. The number of carboxylic acid groups (broad SMARTS) is 1. The van der Waals surface area contributed by atoms with Crippen LogP contribution in [0.25, 0.3) is 0 Å². The molecule has 3 unspecified atom stereocenters. The van der Waals surface area contributed by atoms with Crippen molar-refractivity contribution in [3.8, 4) is 0 Å². The van der Waals surface area contributed by atoms with Crippen LogP contribution in [0, 0.1) is 5.92 Å². The molecule has 0 radical (unpaired) electrons. The maximum absolute atomic E-state index is 11.9. The lowest BCUT2D eigenvalue weighted by Gasteiger charge is -2.34. The summed E-state index contributed by atoms with van der Waals surface area (Å²) in [5, 5.41) is 12.4. The third-order valence-electron chi connectivity index (χ3n) is 4.19. The first-order chi connectivity index (χ1) is 11.2. The van der Waals surface area contributed by atoms with Crippen LogP contribution in [-0.4, -0.2) is 28.8 Å². The Morgan fingerprint density at radius 1 is 1.21 bits per heavy atom. The van der Waals surface area contributed by atoms with E-state index in [1.807, 2.05) is 24.3 Å². The Morgan fingerprint density at radius 3 is 2.38 bits per heavy atom. The van der Waals surface area contributed by atoms with E-state index in [1.54, 1.807) is 20.8 Å². The Bertz CT molecular complexity index is 594. The van der Waals surface area contributed by atoms with Crippen molar-refractivity contribution in [3.63, 3.8) is 0 Å². The van der Waals surface area contributed by atoms with Crippen LogP contribution in [-0.2, 0) is 9.53 Å². The minimum absolute atomic E-state index is 0.0349. The minimum atomic E-state index is -0.821. The molecule has 1 saturated carbocycles. The van der Waals surface area contributed by atoms with Gasteiger partial charge in [0.25, 0.3) is 0 Å². The molecule has 1 aromatic carbocycles. The second-order valence-electron chi connectivity index (χ2n) is 7.26. The van der Waals surface area contributed by atoms with Gasteiger partial charge in [-0.2, -0.15) is 0 Å². The first kappa shape index (κ1) is 18.8. The molecule has 2 N–H and O–H groups in total. The minimum Gasteiger partial charge on any atom is -0.481 e. The van der Waals surface area contributed by atoms with E-state index in [2.05, 4.69) is 21.2 Å². The molecule has 3 atom stereocenters. The average Bonchev–Trinajstić information content (AvgIpc) is 2.46. The summed E-state index contributed by atoms with van der Waals surface area (Å²) < 4.78 is 6.23. The highest BCUT2D eigenvalue weighted by molar-refractivity contribution is 9.10. The van der Waals surface area contributed by atoms with E-state index < -0.39 is 23.6 Å². The van der Waals surface area contributed by atoms with Crippen LogP contribution >= 0.6 is 15.9 Å². The van der Waals surface area contributed by atoms with Crippen molar-refractivity contribution in [2.24, 2.45) is 5.92 Å². The number of amides is 1. The fourth-order valence-electron chi connectivity index (χ4n) is 3.16. The van der Waals surface area contributed by atoms with Gasteiger partial charge in [0.2, 0.25) is 0 Å². The standard InChI is InChI=1S/C18H24BrNO4/c1-18(2,3)24-17(23)20-13-8-9-14(15(10-13)16(21)22)11-4-6-12(19)7-5-11/h4-7,13-15H,8-10H2,1-3H3,(H,20,23)(H,21,22). The molecule has 0 saturated heterocycles. The quantitative estimate of drug-likeness (QED) is 0.796. The molecule has 0 heterocycles. The van der Waals surface area contributed by atoms with Gasteiger partial charge in [0.1, 0.15) is 5.60 Å². The zero-order valence-corrected chi connectivity index (χ0v) is 15.8. The van der Waals surface area contributed by atoms with Gasteiger partial charge in [0.05, 0.1) is 5.92 Å². The maximum Gasteiger partial charge on any atom is 0.407 e. The van der Waals surface area contributed by atoms with E-state index >= 15 is 0 Å². The molecule has 1 aliphatic carbocycles. The van der Waals surface area contributed by atoms with Gasteiger partial charge in [0, 0.05) is 10.5 Å². The Balaban J connectivity index is 2.04. The molecule has 1 amide bonds. The number of ether oxygens (including phenoxy) is 1.